The van der Waals surface area contributed by atoms with Gasteiger partial charge in [0, 0.05) is 35.8 Å². The number of fused-ring (bicyclic) bond motifs is 1. The zero-order chi connectivity index (χ0) is 28.4. The van der Waals surface area contributed by atoms with Gasteiger partial charge in [-0.25, -0.2) is 4.90 Å². The van der Waals surface area contributed by atoms with Gasteiger partial charge in [-0.3, -0.25) is 14.4 Å². The van der Waals surface area contributed by atoms with E-state index in [2.05, 4.69) is 5.32 Å². The van der Waals surface area contributed by atoms with Crippen LogP contribution >= 0.6 is 22.9 Å². The number of hydrogen-bond donors (Lipinski definition) is 2. The molecular weight excluding hydrogens is 552 g/mol. The molecule has 3 aromatic rings. The molecule has 2 aliphatic rings. The maximum absolute atomic E-state index is 13.4. The Hall–Kier alpha value is -3.50. The number of amides is 3. The first kappa shape index (κ1) is 28.0. The predicted molar refractivity (Wildman–Crippen MR) is 154 cm³/mol. The molecule has 0 radical (unpaired) electrons. The summed E-state index contributed by atoms with van der Waals surface area (Å²) in [4.78, 5) is 40.5. The van der Waals surface area contributed by atoms with Crippen molar-refractivity contribution in [2.45, 2.75) is 38.9 Å². The molecule has 5 rings (SSSR count). The van der Waals surface area contributed by atoms with Crippen LogP contribution in [0.25, 0.3) is 0 Å². The lowest BCUT2D eigenvalue weighted by atomic mass is 9.81. The Balaban J connectivity index is 1.38. The van der Waals surface area contributed by atoms with Crippen molar-refractivity contribution < 1.29 is 29.0 Å². The van der Waals surface area contributed by atoms with Crippen molar-refractivity contribution in [3.05, 3.63) is 92.3 Å². The minimum absolute atomic E-state index is 0.0608. The summed E-state index contributed by atoms with van der Waals surface area (Å²) in [7, 11) is 0. The quantitative estimate of drug-likeness (QED) is 0.305. The van der Waals surface area contributed by atoms with Gasteiger partial charge in [-0.05, 0) is 97.1 Å². The Morgan fingerprint density at radius 3 is 2.65 bits per heavy atom. The number of allylic oxidation sites excluding steroid dienone is 1. The van der Waals surface area contributed by atoms with Crippen LogP contribution in [0.4, 0.5) is 11.4 Å². The van der Waals surface area contributed by atoms with Gasteiger partial charge in [0.05, 0.1) is 16.8 Å². The fourth-order valence-corrected chi connectivity index (χ4v) is 6.10. The smallest absolute Gasteiger partial charge is 0.290 e. The normalized spacial score (nSPS) is 20.2. The number of carbonyl (C=O) groups excluding carboxylic acids is 3. The van der Waals surface area contributed by atoms with Gasteiger partial charge >= 0.3 is 0 Å². The molecule has 2 aromatic carbocycles. The Morgan fingerprint density at radius 1 is 1.15 bits per heavy atom. The zero-order valence-electron chi connectivity index (χ0n) is 22.1. The molecule has 8 nitrogen and oxygen atoms in total. The lowest BCUT2D eigenvalue weighted by Gasteiger charge is -2.36. The lowest BCUT2D eigenvalue weighted by molar-refractivity contribution is -0.164. The standard InChI is InChI=1S/C30H29ClN2O6S/c1-3-38-30-22(5-4-11-34)23(18-10-12-40-16-18)15-26(39-30)27(35)32-20-7-9-25(17(2)13-20)33-28(36)21-8-6-19(31)14-24(21)29(33)37/h6-10,12-16,22-23,30,34H,3-5,11H2,1-2H3,(H,32,35)/t22-,23-,30-/m0/s1. The van der Waals surface area contributed by atoms with Gasteiger partial charge in [0.15, 0.2) is 5.76 Å². The summed E-state index contributed by atoms with van der Waals surface area (Å²) in [5, 5.41) is 16.7. The molecule has 10 heteroatoms. The van der Waals surface area contributed by atoms with Gasteiger partial charge < -0.3 is 19.9 Å². The highest BCUT2D eigenvalue weighted by molar-refractivity contribution is 7.08. The maximum atomic E-state index is 13.4. The number of hydrogen-bond acceptors (Lipinski definition) is 7. The summed E-state index contributed by atoms with van der Waals surface area (Å²) in [5.74, 6) is -1.33. The maximum Gasteiger partial charge on any atom is 0.290 e. The van der Waals surface area contributed by atoms with Crippen LogP contribution in [0.2, 0.25) is 5.02 Å². The van der Waals surface area contributed by atoms with E-state index < -0.39 is 24.0 Å². The van der Waals surface area contributed by atoms with Crippen LogP contribution in [0.15, 0.2) is 65.1 Å². The first-order chi connectivity index (χ1) is 19.3. The first-order valence-corrected chi connectivity index (χ1v) is 14.4. The Kier molecular flexibility index (Phi) is 8.37. The van der Waals surface area contributed by atoms with Crippen LogP contribution in [-0.4, -0.2) is 42.3 Å². The lowest BCUT2D eigenvalue weighted by Crippen LogP contribution is -2.37. The number of ether oxygens (including phenoxy) is 2. The van der Waals surface area contributed by atoms with E-state index in [1.54, 1.807) is 48.6 Å². The fraction of sp³-hybridized carbons (Fsp3) is 0.300. The molecule has 0 unspecified atom stereocenters. The summed E-state index contributed by atoms with van der Waals surface area (Å²) in [5.41, 5.74) is 3.16. The topological polar surface area (TPSA) is 105 Å². The number of imide groups is 1. The summed E-state index contributed by atoms with van der Waals surface area (Å²) in [6.07, 6.45) is 2.45. The second-order valence-electron chi connectivity index (χ2n) is 9.68. The molecule has 0 fully saturated rings. The second-order valence-corrected chi connectivity index (χ2v) is 10.9. The number of rotatable bonds is 9. The second kappa shape index (κ2) is 11.9. The van der Waals surface area contributed by atoms with Gasteiger partial charge in [-0.1, -0.05) is 11.6 Å². The molecule has 40 heavy (non-hydrogen) atoms. The number of aryl methyl sites for hydroxylation is 1. The summed E-state index contributed by atoms with van der Waals surface area (Å²) < 4.78 is 11.9. The van der Waals surface area contributed by atoms with E-state index >= 15 is 0 Å². The van der Waals surface area contributed by atoms with Crippen molar-refractivity contribution in [1.82, 2.24) is 0 Å². The molecule has 0 bridgehead atoms. The molecule has 0 spiro atoms. The van der Waals surface area contributed by atoms with Gasteiger partial charge in [0.25, 0.3) is 17.7 Å². The van der Waals surface area contributed by atoms with Gasteiger partial charge in [0.2, 0.25) is 6.29 Å². The molecular formula is C30H29ClN2O6S. The van der Waals surface area contributed by atoms with Gasteiger partial charge in [0.1, 0.15) is 0 Å². The Morgan fingerprint density at radius 2 is 1.95 bits per heavy atom. The van der Waals surface area contributed by atoms with E-state index in [9.17, 15) is 19.5 Å². The summed E-state index contributed by atoms with van der Waals surface area (Å²) >= 11 is 7.61. The van der Waals surface area contributed by atoms with Crippen LogP contribution in [0.3, 0.4) is 0 Å². The highest BCUT2D eigenvalue weighted by Gasteiger charge is 2.39. The largest absolute Gasteiger partial charge is 0.459 e. The SMILES string of the molecule is CCO[C@H]1OC(C(=O)Nc2ccc(N3C(=O)c4ccc(Cl)cc4C3=O)c(C)c2)=C[C@@H](c2ccsc2)[C@@H]1CCCO. The summed E-state index contributed by atoms with van der Waals surface area (Å²) in [6, 6.07) is 11.6. The average molecular weight is 581 g/mol. The number of carbonyl (C=O) groups is 3. The third-order valence-electron chi connectivity index (χ3n) is 7.11. The molecule has 208 valence electrons. The van der Waals surface area contributed by atoms with E-state index in [0.717, 1.165) is 10.5 Å². The number of nitrogens with one attached hydrogen (secondary N) is 1. The van der Waals surface area contributed by atoms with Gasteiger partial charge in [-0.2, -0.15) is 11.3 Å². The number of aliphatic hydroxyl groups is 1. The van der Waals surface area contributed by atoms with E-state index in [0.29, 0.717) is 47.0 Å². The minimum Gasteiger partial charge on any atom is -0.459 e. The molecule has 3 atom stereocenters. The number of halogens is 1. The summed E-state index contributed by atoms with van der Waals surface area (Å²) in [6.45, 7) is 4.11. The van der Waals surface area contributed by atoms with Crippen LogP contribution in [0.5, 0.6) is 0 Å². The van der Waals surface area contributed by atoms with E-state index in [1.165, 1.54) is 6.07 Å². The highest BCUT2D eigenvalue weighted by atomic mass is 35.5. The molecule has 0 saturated heterocycles. The number of aliphatic hydroxyl groups excluding tert-OH is 1. The van der Waals surface area contributed by atoms with E-state index in [4.69, 9.17) is 21.1 Å². The first-order valence-electron chi connectivity index (χ1n) is 13.1. The number of anilines is 2. The van der Waals surface area contributed by atoms with Crippen molar-refractivity contribution in [2.75, 3.05) is 23.4 Å². The van der Waals surface area contributed by atoms with Crippen LogP contribution in [0, 0.1) is 12.8 Å². The predicted octanol–water partition coefficient (Wildman–Crippen LogP) is 5.90. The average Bonchev–Trinajstić information content (AvgIpc) is 3.55. The molecule has 0 aliphatic carbocycles. The number of nitrogens with zero attached hydrogens (tertiary/aromatic N) is 1. The van der Waals surface area contributed by atoms with Crippen molar-refractivity contribution in [2.24, 2.45) is 5.92 Å². The fourth-order valence-electron chi connectivity index (χ4n) is 5.22. The van der Waals surface area contributed by atoms with Crippen molar-refractivity contribution in [1.29, 1.82) is 0 Å². The van der Waals surface area contributed by atoms with Crippen LogP contribution in [-0.2, 0) is 14.3 Å². The van der Waals surface area contributed by atoms with E-state index in [-0.39, 0.29) is 29.8 Å². The highest BCUT2D eigenvalue weighted by Crippen LogP contribution is 2.40. The van der Waals surface area contributed by atoms with Crippen molar-refractivity contribution in [3.63, 3.8) is 0 Å². The molecule has 2 N–H and O–H groups in total. The minimum atomic E-state index is -0.640. The number of thiophene rings is 1. The molecule has 2 aliphatic heterocycles. The van der Waals surface area contributed by atoms with Crippen LogP contribution < -0.4 is 10.2 Å². The number of benzene rings is 2. The van der Waals surface area contributed by atoms with Gasteiger partial charge in [-0.15, -0.1) is 0 Å². The zero-order valence-corrected chi connectivity index (χ0v) is 23.6. The Bertz CT molecular complexity index is 1470. The molecule has 0 saturated carbocycles. The Labute approximate surface area is 241 Å². The third kappa shape index (κ3) is 5.42. The van der Waals surface area contributed by atoms with Crippen LogP contribution in [0.1, 0.15) is 57.5 Å². The van der Waals surface area contributed by atoms with Crippen molar-refractivity contribution in [3.8, 4) is 0 Å². The third-order valence-corrected chi connectivity index (χ3v) is 8.04. The molecule has 3 heterocycles. The monoisotopic (exact) mass is 580 g/mol. The van der Waals surface area contributed by atoms with E-state index in [1.807, 2.05) is 29.8 Å². The molecule has 3 amide bonds. The molecule has 1 aromatic heterocycles. The van der Waals surface area contributed by atoms with Crippen molar-refractivity contribution >= 4 is 52.0 Å².